The molecule has 3 aromatic rings. The van der Waals surface area contributed by atoms with Crippen LogP contribution < -0.4 is 29.8 Å². The van der Waals surface area contributed by atoms with Gasteiger partial charge in [0.2, 0.25) is 12.7 Å². The summed E-state index contributed by atoms with van der Waals surface area (Å²) in [5.41, 5.74) is 1.94. The Hall–Kier alpha value is -4.01. The zero-order valence-electron chi connectivity index (χ0n) is 18.7. The van der Waals surface area contributed by atoms with E-state index in [0.29, 0.717) is 41.7 Å². The van der Waals surface area contributed by atoms with Crippen molar-refractivity contribution in [1.29, 1.82) is 0 Å². The second-order valence-electron chi connectivity index (χ2n) is 7.48. The number of carbonyl (C=O) groups excluding carboxylic acids is 1. The van der Waals surface area contributed by atoms with Gasteiger partial charge in [0.1, 0.15) is 6.04 Å². The number of nitrogens with one attached hydrogen (secondary N) is 1. The van der Waals surface area contributed by atoms with E-state index in [1.807, 2.05) is 24.3 Å². The quantitative estimate of drug-likeness (QED) is 0.562. The molecule has 0 spiro atoms. The van der Waals surface area contributed by atoms with Crippen molar-refractivity contribution < 1.29 is 23.7 Å². The number of hydrogen-bond donors (Lipinski definition) is 1. The maximum atomic E-state index is 12.7. The average Bonchev–Trinajstić information content (AvgIpc) is 3.31. The highest BCUT2D eigenvalue weighted by atomic mass is 16.7. The summed E-state index contributed by atoms with van der Waals surface area (Å²) in [5, 5.41) is 7.28. The number of rotatable bonds is 8. The zero-order chi connectivity index (χ0) is 23.4. The van der Waals surface area contributed by atoms with E-state index < -0.39 is 6.04 Å². The monoisotopic (exact) mass is 451 g/mol. The van der Waals surface area contributed by atoms with Gasteiger partial charge in [0.15, 0.2) is 23.0 Å². The van der Waals surface area contributed by atoms with Crippen molar-refractivity contribution in [3.63, 3.8) is 0 Å². The normalized spacial score (nSPS) is 12.8. The molecule has 1 atom stereocenters. The van der Waals surface area contributed by atoms with Crippen LogP contribution in [-0.4, -0.2) is 43.2 Å². The van der Waals surface area contributed by atoms with Gasteiger partial charge in [-0.2, -0.15) is 5.10 Å². The highest BCUT2D eigenvalue weighted by Crippen LogP contribution is 2.35. The summed E-state index contributed by atoms with van der Waals surface area (Å²) < 4.78 is 22.5. The molecule has 1 aromatic heterocycles. The number of benzene rings is 2. The third-order valence-corrected chi connectivity index (χ3v) is 5.40. The van der Waals surface area contributed by atoms with Crippen LogP contribution in [0.2, 0.25) is 0 Å². The Kier molecular flexibility index (Phi) is 6.48. The molecule has 9 heteroatoms. The fraction of sp³-hybridized carbons (Fsp3) is 0.292. The van der Waals surface area contributed by atoms with E-state index in [2.05, 4.69) is 10.4 Å². The van der Waals surface area contributed by atoms with Crippen LogP contribution in [0.5, 0.6) is 23.0 Å². The average molecular weight is 451 g/mol. The predicted octanol–water partition coefficient (Wildman–Crippen LogP) is 2.58. The first kappa shape index (κ1) is 22.2. The largest absolute Gasteiger partial charge is 0.493 e. The molecule has 9 nitrogen and oxygen atoms in total. The molecule has 1 N–H and O–H groups in total. The van der Waals surface area contributed by atoms with Crippen LogP contribution in [0.15, 0.2) is 53.3 Å². The maximum Gasteiger partial charge on any atom is 0.267 e. The third-order valence-electron chi connectivity index (χ3n) is 5.40. The van der Waals surface area contributed by atoms with Crippen LogP contribution in [-0.2, 0) is 11.2 Å². The summed E-state index contributed by atoms with van der Waals surface area (Å²) in [6.07, 6.45) is 0.596. The SMILES string of the molecule is COc1ccc(CCNC(=O)C(C)n2nc(-c3ccc4c(c3)OCO4)ccc2=O)cc1OC. The maximum absolute atomic E-state index is 12.7. The Labute approximate surface area is 190 Å². The molecule has 0 aliphatic carbocycles. The fourth-order valence-corrected chi connectivity index (χ4v) is 3.54. The Morgan fingerprint density at radius 3 is 2.64 bits per heavy atom. The first-order valence-corrected chi connectivity index (χ1v) is 10.5. The molecule has 1 aliphatic heterocycles. The first-order valence-electron chi connectivity index (χ1n) is 10.5. The number of amides is 1. The van der Waals surface area contributed by atoms with Gasteiger partial charge < -0.3 is 24.3 Å². The van der Waals surface area contributed by atoms with Crippen LogP contribution in [0.25, 0.3) is 11.3 Å². The van der Waals surface area contributed by atoms with Crippen molar-refractivity contribution >= 4 is 5.91 Å². The van der Waals surface area contributed by atoms with Crippen molar-refractivity contribution in [3.05, 3.63) is 64.4 Å². The van der Waals surface area contributed by atoms with E-state index in [0.717, 1.165) is 11.1 Å². The first-order chi connectivity index (χ1) is 16.0. The fourth-order valence-electron chi connectivity index (χ4n) is 3.54. The Balaban J connectivity index is 1.43. The Morgan fingerprint density at radius 2 is 1.85 bits per heavy atom. The highest BCUT2D eigenvalue weighted by molar-refractivity contribution is 5.79. The third kappa shape index (κ3) is 4.77. The highest BCUT2D eigenvalue weighted by Gasteiger charge is 2.19. The lowest BCUT2D eigenvalue weighted by Crippen LogP contribution is -2.37. The van der Waals surface area contributed by atoms with Crippen LogP contribution in [0.4, 0.5) is 0 Å². The van der Waals surface area contributed by atoms with Gasteiger partial charge in [-0.05, 0) is 55.3 Å². The minimum atomic E-state index is -0.781. The minimum absolute atomic E-state index is 0.173. The summed E-state index contributed by atoms with van der Waals surface area (Å²) in [7, 11) is 3.16. The molecular weight excluding hydrogens is 426 g/mol. The number of hydrogen-bond acceptors (Lipinski definition) is 7. The molecule has 2 heterocycles. The van der Waals surface area contributed by atoms with E-state index in [-0.39, 0.29) is 18.3 Å². The summed E-state index contributed by atoms with van der Waals surface area (Å²) in [6, 6.07) is 13.3. The van der Waals surface area contributed by atoms with Gasteiger partial charge in [-0.3, -0.25) is 9.59 Å². The molecule has 0 saturated carbocycles. The molecule has 0 radical (unpaired) electrons. The van der Waals surface area contributed by atoms with Crippen molar-refractivity contribution in [3.8, 4) is 34.3 Å². The number of nitrogens with zero attached hydrogens (tertiary/aromatic N) is 2. The molecule has 0 saturated heterocycles. The van der Waals surface area contributed by atoms with Gasteiger partial charge in [0.25, 0.3) is 5.56 Å². The van der Waals surface area contributed by atoms with Gasteiger partial charge in [-0.15, -0.1) is 0 Å². The number of aromatic nitrogens is 2. The van der Waals surface area contributed by atoms with Gasteiger partial charge in [0.05, 0.1) is 19.9 Å². The molecule has 33 heavy (non-hydrogen) atoms. The van der Waals surface area contributed by atoms with Gasteiger partial charge in [-0.25, -0.2) is 4.68 Å². The molecule has 1 aliphatic rings. The van der Waals surface area contributed by atoms with Crippen molar-refractivity contribution in [2.75, 3.05) is 27.6 Å². The summed E-state index contributed by atoms with van der Waals surface area (Å²) in [5.74, 6) is 2.26. The minimum Gasteiger partial charge on any atom is -0.493 e. The standard InChI is InChI=1S/C24H25N3O6/c1-15(24(29)25-11-10-16-4-7-19(30-2)21(12-16)31-3)27-23(28)9-6-18(26-27)17-5-8-20-22(13-17)33-14-32-20/h4-9,12-13,15H,10-11,14H2,1-3H3,(H,25,29). The van der Waals surface area contributed by atoms with Crippen LogP contribution >= 0.6 is 0 Å². The van der Waals surface area contributed by atoms with E-state index in [9.17, 15) is 9.59 Å². The number of fused-ring (bicyclic) bond motifs is 1. The van der Waals surface area contributed by atoms with E-state index in [1.165, 1.54) is 10.7 Å². The Morgan fingerprint density at radius 1 is 1.06 bits per heavy atom. The van der Waals surface area contributed by atoms with E-state index >= 15 is 0 Å². The molecule has 0 bridgehead atoms. The number of methoxy groups -OCH3 is 2. The van der Waals surface area contributed by atoms with E-state index in [1.54, 1.807) is 39.3 Å². The van der Waals surface area contributed by atoms with Crippen LogP contribution in [0.1, 0.15) is 18.5 Å². The zero-order valence-corrected chi connectivity index (χ0v) is 18.7. The lowest BCUT2D eigenvalue weighted by atomic mass is 10.1. The molecular formula is C24H25N3O6. The van der Waals surface area contributed by atoms with Crippen LogP contribution in [0, 0.1) is 0 Å². The molecule has 0 fully saturated rings. The van der Waals surface area contributed by atoms with Gasteiger partial charge in [-0.1, -0.05) is 6.07 Å². The van der Waals surface area contributed by atoms with Gasteiger partial charge >= 0.3 is 0 Å². The lowest BCUT2D eigenvalue weighted by molar-refractivity contribution is -0.124. The summed E-state index contributed by atoms with van der Waals surface area (Å²) in [6.45, 7) is 2.21. The number of carbonyl (C=O) groups is 1. The summed E-state index contributed by atoms with van der Waals surface area (Å²) in [4.78, 5) is 25.1. The van der Waals surface area contributed by atoms with Gasteiger partial charge in [0, 0.05) is 18.2 Å². The molecule has 1 unspecified atom stereocenters. The molecule has 1 amide bonds. The molecule has 172 valence electrons. The van der Waals surface area contributed by atoms with Crippen LogP contribution in [0.3, 0.4) is 0 Å². The number of ether oxygens (including phenoxy) is 4. The molecule has 2 aromatic carbocycles. The lowest BCUT2D eigenvalue weighted by Gasteiger charge is -2.15. The van der Waals surface area contributed by atoms with E-state index in [4.69, 9.17) is 18.9 Å². The molecule has 4 rings (SSSR count). The second kappa shape index (κ2) is 9.64. The predicted molar refractivity (Wildman–Crippen MR) is 121 cm³/mol. The Bertz CT molecular complexity index is 1220. The van der Waals surface area contributed by atoms with Crippen molar-refractivity contribution in [1.82, 2.24) is 15.1 Å². The van der Waals surface area contributed by atoms with Crippen molar-refractivity contribution in [2.24, 2.45) is 0 Å². The van der Waals surface area contributed by atoms with Crippen molar-refractivity contribution in [2.45, 2.75) is 19.4 Å². The second-order valence-corrected chi connectivity index (χ2v) is 7.48. The summed E-state index contributed by atoms with van der Waals surface area (Å²) >= 11 is 0. The topological polar surface area (TPSA) is 101 Å². The smallest absolute Gasteiger partial charge is 0.267 e.